The van der Waals surface area contributed by atoms with Gasteiger partial charge in [-0.3, -0.25) is 14.7 Å². The summed E-state index contributed by atoms with van der Waals surface area (Å²) in [7, 11) is 0. The number of amides is 1. The van der Waals surface area contributed by atoms with E-state index in [1.54, 1.807) is 12.4 Å². The second-order valence-electron chi connectivity index (χ2n) is 7.12. The maximum Gasteiger partial charge on any atom is 0.252 e. The first-order chi connectivity index (χ1) is 14.3. The molecule has 1 fully saturated rings. The van der Waals surface area contributed by atoms with Crippen LogP contribution >= 0.6 is 0 Å². The van der Waals surface area contributed by atoms with Gasteiger partial charge in [0.15, 0.2) is 0 Å². The van der Waals surface area contributed by atoms with E-state index in [2.05, 4.69) is 51.6 Å². The van der Waals surface area contributed by atoms with Crippen molar-refractivity contribution in [2.24, 2.45) is 0 Å². The molecule has 1 aliphatic heterocycles. The van der Waals surface area contributed by atoms with Gasteiger partial charge in [-0.15, -0.1) is 0 Å². The zero-order valence-corrected chi connectivity index (χ0v) is 16.4. The average molecular weight is 387 g/mol. The molecule has 5 nitrogen and oxygen atoms in total. The molecule has 0 unspecified atom stereocenters. The van der Waals surface area contributed by atoms with Crippen molar-refractivity contribution in [1.29, 1.82) is 0 Å². The number of pyridine rings is 1. The van der Waals surface area contributed by atoms with E-state index in [-0.39, 0.29) is 5.91 Å². The summed E-state index contributed by atoms with van der Waals surface area (Å²) < 4.78 is 5.35. The summed E-state index contributed by atoms with van der Waals surface area (Å²) in [6.45, 7) is 4.84. The Morgan fingerprint density at radius 1 is 0.897 bits per heavy atom. The molecule has 1 saturated heterocycles. The minimum atomic E-state index is -0.0893. The standard InChI is InChI=1S/C24H25N3O2/c28-24(26-10-11-27-12-14-29-15-13-27)23-16-22(17-25-18-23)21-8-6-20(7-9-21)19-4-2-1-3-5-19/h1-9,16-18H,10-15H2,(H,26,28). The molecule has 29 heavy (non-hydrogen) atoms. The highest BCUT2D eigenvalue weighted by Crippen LogP contribution is 2.24. The molecule has 1 aliphatic rings. The van der Waals surface area contributed by atoms with E-state index >= 15 is 0 Å². The maximum atomic E-state index is 12.5. The van der Waals surface area contributed by atoms with E-state index < -0.39 is 0 Å². The van der Waals surface area contributed by atoms with Crippen LogP contribution in [0.25, 0.3) is 22.3 Å². The molecule has 4 rings (SSSR count). The summed E-state index contributed by atoms with van der Waals surface area (Å²) in [5, 5.41) is 2.99. The molecule has 0 aliphatic carbocycles. The fourth-order valence-corrected chi connectivity index (χ4v) is 3.46. The second-order valence-corrected chi connectivity index (χ2v) is 7.12. The summed E-state index contributed by atoms with van der Waals surface area (Å²) in [5.41, 5.74) is 4.91. The van der Waals surface area contributed by atoms with E-state index in [9.17, 15) is 4.79 Å². The molecule has 3 aromatic rings. The van der Waals surface area contributed by atoms with Gasteiger partial charge in [0.1, 0.15) is 0 Å². The van der Waals surface area contributed by atoms with Gasteiger partial charge in [-0.05, 0) is 22.8 Å². The molecule has 1 amide bonds. The van der Waals surface area contributed by atoms with Crippen molar-refractivity contribution in [2.75, 3.05) is 39.4 Å². The van der Waals surface area contributed by atoms with Crippen LogP contribution in [0, 0.1) is 0 Å². The van der Waals surface area contributed by atoms with Crippen LogP contribution in [0.2, 0.25) is 0 Å². The van der Waals surface area contributed by atoms with Crippen LogP contribution in [0.3, 0.4) is 0 Å². The molecule has 148 valence electrons. The van der Waals surface area contributed by atoms with Gasteiger partial charge in [0.25, 0.3) is 5.91 Å². The van der Waals surface area contributed by atoms with E-state index in [1.165, 1.54) is 11.1 Å². The van der Waals surface area contributed by atoms with Crippen molar-refractivity contribution in [3.05, 3.63) is 78.6 Å². The lowest BCUT2D eigenvalue weighted by molar-refractivity contribution is 0.0383. The highest BCUT2D eigenvalue weighted by atomic mass is 16.5. The van der Waals surface area contributed by atoms with E-state index in [1.807, 2.05) is 24.3 Å². The van der Waals surface area contributed by atoms with Crippen LogP contribution in [-0.4, -0.2) is 55.2 Å². The van der Waals surface area contributed by atoms with Gasteiger partial charge in [-0.1, -0.05) is 54.6 Å². The maximum absolute atomic E-state index is 12.5. The Labute approximate surface area is 171 Å². The molecule has 1 aromatic heterocycles. The monoisotopic (exact) mass is 387 g/mol. The third-order valence-electron chi connectivity index (χ3n) is 5.14. The van der Waals surface area contributed by atoms with E-state index in [0.717, 1.165) is 44.0 Å². The number of benzene rings is 2. The first-order valence-electron chi connectivity index (χ1n) is 9.99. The van der Waals surface area contributed by atoms with Crippen LogP contribution in [0.15, 0.2) is 73.1 Å². The number of carbonyl (C=O) groups excluding carboxylic acids is 1. The fourth-order valence-electron chi connectivity index (χ4n) is 3.46. The normalized spacial score (nSPS) is 14.5. The van der Waals surface area contributed by atoms with E-state index in [0.29, 0.717) is 12.1 Å². The number of aromatic nitrogens is 1. The number of nitrogens with one attached hydrogen (secondary N) is 1. The first-order valence-corrected chi connectivity index (χ1v) is 9.99. The van der Waals surface area contributed by atoms with Gasteiger partial charge >= 0.3 is 0 Å². The van der Waals surface area contributed by atoms with Crippen molar-refractivity contribution in [1.82, 2.24) is 15.2 Å². The van der Waals surface area contributed by atoms with Crippen molar-refractivity contribution >= 4 is 5.91 Å². The molecule has 0 spiro atoms. The third-order valence-corrected chi connectivity index (χ3v) is 5.14. The summed E-state index contributed by atoms with van der Waals surface area (Å²) in [4.78, 5) is 19.1. The second kappa shape index (κ2) is 9.45. The molecule has 0 atom stereocenters. The third kappa shape index (κ3) is 5.08. The summed E-state index contributed by atoms with van der Waals surface area (Å²) in [6, 6.07) is 20.5. The average Bonchev–Trinajstić information content (AvgIpc) is 2.80. The van der Waals surface area contributed by atoms with Crippen LogP contribution in [-0.2, 0) is 4.74 Å². The molecular weight excluding hydrogens is 362 g/mol. The van der Waals surface area contributed by atoms with E-state index in [4.69, 9.17) is 4.74 Å². The number of nitrogens with zero attached hydrogens (tertiary/aromatic N) is 2. The molecule has 2 heterocycles. The highest BCUT2D eigenvalue weighted by Gasteiger charge is 2.12. The molecule has 0 saturated carbocycles. The Balaban J connectivity index is 1.39. The number of hydrogen-bond acceptors (Lipinski definition) is 4. The van der Waals surface area contributed by atoms with Gasteiger partial charge in [0.2, 0.25) is 0 Å². The molecular formula is C24H25N3O2. The van der Waals surface area contributed by atoms with Gasteiger partial charge < -0.3 is 10.1 Å². The first kappa shape index (κ1) is 19.3. The topological polar surface area (TPSA) is 54.5 Å². The number of ether oxygens (including phenoxy) is 1. The lowest BCUT2D eigenvalue weighted by Crippen LogP contribution is -2.41. The fraction of sp³-hybridized carbons (Fsp3) is 0.250. The minimum Gasteiger partial charge on any atom is -0.379 e. The van der Waals surface area contributed by atoms with Crippen LogP contribution in [0.4, 0.5) is 0 Å². The Morgan fingerprint density at radius 2 is 1.55 bits per heavy atom. The lowest BCUT2D eigenvalue weighted by atomic mass is 10.0. The van der Waals surface area contributed by atoms with Crippen LogP contribution in [0.5, 0.6) is 0 Å². The number of rotatable bonds is 6. The lowest BCUT2D eigenvalue weighted by Gasteiger charge is -2.26. The quantitative estimate of drug-likeness (QED) is 0.704. The van der Waals surface area contributed by atoms with Crippen molar-refractivity contribution in [3.63, 3.8) is 0 Å². The Bertz CT molecular complexity index is 936. The molecule has 0 radical (unpaired) electrons. The molecule has 2 aromatic carbocycles. The van der Waals surface area contributed by atoms with Crippen molar-refractivity contribution in [2.45, 2.75) is 0 Å². The molecule has 0 bridgehead atoms. The van der Waals surface area contributed by atoms with Crippen LogP contribution < -0.4 is 5.32 Å². The zero-order valence-electron chi connectivity index (χ0n) is 16.4. The van der Waals surface area contributed by atoms with Crippen molar-refractivity contribution < 1.29 is 9.53 Å². The van der Waals surface area contributed by atoms with Gasteiger partial charge in [0.05, 0.1) is 18.8 Å². The summed E-state index contributed by atoms with van der Waals surface area (Å²) >= 11 is 0. The SMILES string of the molecule is O=C(NCCN1CCOCC1)c1cncc(-c2ccc(-c3ccccc3)cc2)c1. The zero-order chi connectivity index (χ0) is 19.9. The Hall–Kier alpha value is -3.02. The Kier molecular flexibility index (Phi) is 6.29. The number of hydrogen-bond donors (Lipinski definition) is 1. The Morgan fingerprint density at radius 3 is 2.28 bits per heavy atom. The number of carbonyl (C=O) groups is 1. The number of morpholine rings is 1. The summed E-state index contributed by atoms with van der Waals surface area (Å²) in [5.74, 6) is -0.0893. The molecule has 5 heteroatoms. The van der Waals surface area contributed by atoms with Gasteiger partial charge in [0, 0.05) is 44.1 Å². The largest absolute Gasteiger partial charge is 0.379 e. The van der Waals surface area contributed by atoms with Crippen LogP contribution in [0.1, 0.15) is 10.4 Å². The van der Waals surface area contributed by atoms with Gasteiger partial charge in [-0.25, -0.2) is 0 Å². The predicted octanol–water partition coefficient (Wildman–Crippen LogP) is 3.48. The minimum absolute atomic E-state index is 0.0893. The van der Waals surface area contributed by atoms with Gasteiger partial charge in [-0.2, -0.15) is 0 Å². The smallest absolute Gasteiger partial charge is 0.252 e. The summed E-state index contributed by atoms with van der Waals surface area (Å²) in [6.07, 6.45) is 3.41. The highest BCUT2D eigenvalue weighted by molar-refractivity contribution is 5.95. The predicted molar refractivity (Wildman–Crippen MR) is 115 cm³/mol. The molecule has 1 N–H and O–H groups in total. The van der Waals surface area contributed by atoms with Crippen molar-refractivity contribution in [3.8, 4) is 22.3 Å².